The van der Waals surface area contributed by atoms with Gasteiger partial charge in [-0.3, -0.25) is 0 Å². The van der Waals surface area contributed by atoms with Gasteiger partial charge in [-0.15, -0.1) is 5.10 Å². The third-order valence-corrected chi connectivity index (χ3v) is 5.48. The van der Waals surface area contributed by atoms with E-state index in [1.807, 2.05) is 7.05 Å². The largest absolute Gasteiger partial charge is 0.224 e. The van der Waals surface area contributed by atoms with Gasteiger partial charge in [0.1, 0.15) is 0 Å². The topological polar surface area (TPSA) is 43.6 Å². The van der Waals surface area contributed by atoms with Crippen molar-refractivity contribution in [3.63, 3.8) is 0 Å². The van der Waals surface area contributed by atoms with E-state index >= 15 is 0 Å². The van der Waals surface area contributed by atoms with Gasteiger partial charge in [0, 0.05) is 18.1 Å². The predicted octanol–water partition coefficient (Wildman–Crippen LogP) is 3.28. The molecule has 0 aliphatic heterocycles. The van der Waals surface area contributed by atoms with Crippen LogP contribution in [-0.4, -0.2) is 31.3 Å². The Labute approximate surface area is 116 Å². The molecule has 0 saturated carbocycles. The van der Waals surface area contributed by atoms with Crippen LogP contribution in [0, 0.1) is 5.41 Å². The monoisotopic (exact) mass is 320 g/mol. The number of thioether (sulfide) groups is 1. The molecule has 1 heterocycles. The highest BCUT2D eigenvalue weighted by atomic mass is 79.9. The van der Waals surface area contributed by atoms with E-state index in [0.717, 1.165) is 16.2 Å². The summed E-state index contributed by atoms with van der Waals surface area (Å²) >= 11 is 5.45. The highest BCUT2D eigenvalue weighted by Gasteiger charge is 2.28. The van der Waals surface area contributed by atoms with Gasteiger partial charge in [0.25, 0.3) is 0 Å². The summed E-state index contributed by atoms with van der Waals surface area (Å²) in [6.45, 7) is 4.50. The Bertz CT molecular complexity index is 323. The standard InChI is InChI=1S/C11H21BrN4S/c1-4-6-11(8-12,7-5-2)9-17-10-13-14-15-16(10)3/h4-9H2,1-3H3. The van der Waals surface area contributed by atoms with Gasteiger partial charge in [0.2, 0.25) is 5.16 Å². The number of aryl methyl sites for hydroxylation is 1. The van der Waals surface area contributed by atoms with Gasteiger partial charge < -0.3 is 0 Å². The van der Waals surface area contributed by atoms with E-state index in [2.05, 4.69) is 45.3 Å². The molecule has 0 radical (unpaired) electrons. The van der Waals surface area contributed by atoms with Crippen molar-refractivity contribution < 1.29 is 0 Å². The van der Waals surface area contributed by atoms with Gasteiger partial charge in [-0.05, 0) is 28.7 Å². The van der Waals surface area contributed by atoms with Gasteiger partial charge >= 0.3 is 0 Å². The summed E-state index contributed by atoms with van der Waals surface area (Å²) in [6.07, 6.45) is 4.96. The van der Waals surface area contributed by atoms with Crippen molar-refractivity contribution in [1.29, 1.82) is 0 Å². The minimum Gasteiger partial charge on any atom is -0.224 e. The van der Waals surface area contributed by atoms with Crippen LogP contribution in [0.25, 0.3) is 0 Å². The average Bonchev–Trinajstić information content (AvgIpc) is 2.72. The summed E-state index contributed by atoms with van der Waals surface area (Å²) < 4.78 is 1.74. The van der Waals surface area contributed by atoms with E-state index in [1.165, 1.54) is 25.7 Å². The Morgan fingerprint density at radius 1 is 1.29 bits per heavy atom. The lowest BCUT2D eigenvalue weighted by Crippen LogP contribution is -2.25. The molecule has 0 fully saturated rings. The molecule has 17 heavy (non-hydrogen) atoms. The van der Waals surface area contributed by atoms with Crippen LogP contribution < -0.4 is 0 Å². The maximum Gasteiger partial charge on any atom is 0.209 e. The molecular weight excluding hydrogens is 300 g/mol. The molecule has 0 aliphatic rings. The van der Waals surface area contributed by atoms with Gasteiger partial charge in [-0.25, -0.2) is 4.68 Å². The SMILES string of the molecule is CCCC(CBr)(CCC)CSc1nnnn1C. The Morgan fingerprint density at radius 2 is 1.94 bits per heavy atom. The Morgan fingerprint density at radius 3 is 2.35 bits per heavy atom. The number of tetrazole rings is 1. The number of hydrogen-bond donors (Lipinski definition) is 0. The molecule has 1 rings (SSSR count). The van der Waals surface area contributed by atoms with E-state index in [4.69, 9.17) is 0 Å². The smallest absolute Gasteiger partial charge is 0.209 e. The van der Waals surface area contributed by atoms with Crippen molar-refractivity contribution in [3.05, 3.63) is 0 Å². The molecule has 0 unspecified atom stereocenters. The van der Waals surface area contributed by atoms with Crippen molar-refractivity contribution in [2.24, 2.45) is 12.5 Å². The van der Waals surface area contributed by atoms with Crippen molar-refractivity contribution in [2.45, 2.75) is 44.7 Å². The first-order valence-corrected chi connectivity index (χ1v) is 8.19. The average molecular weight is 321 g/mol. The highest BCUT2D eigenvalue weighted by molar-refractivity contribution is 9.09. The quantitative estimate of drug-likeness (QED) is 0.544. The summed E-state index contributed by atoms with van der Waals surface area (Å²) in [5, 5.41) is 13.5. The second-order valence-corrected chi connectivity index (χ2v) is 6.01. The zero-order valence-corrected chi connectivity index (χ0v) is 13.2. The lowest BCUT2D eigenvalue weighted by molar-refractivity contribution is 0.319. The van der Waals surface area contributed by atoms with Crippen LogP contribution in [0.4, 0.5) is 0 Å². The maximum absolute atomic E-state index is 4.02. The van der Waals surface area contributed by atoms with E-state index in [9.17, 15) is 0 Å². The van der Waals surface area contributed by atoms with Crippen molar-refractivity contribution in [1.82, 2.24) is 20.2 Å². The van der Waals surface area contributed by atoms with Crippen molar-refractivity contribution in [2.75, 3.05) is 11.1 Å². The molecule has 98 valence electrons. The zero-order valence-electron chi connectivity index (χ0n) is 10.8. The van der Waals surface area contributed by atoms with Crippen LogP contribution in [-0.2, 0) is 7.05 Å². The Kier molecular flexibility index (Phi) is 6.48. The molecule has 0 atom stereocenters. The maximum atomic E-state index is 4.02. The molecule has 0 saturated heterocycles. The van der Waals surface area contributed by atoms with Crippen LogP contribution in [0.15, 0.2) is 5.16 Å². The summed E-state index contributed by atoms with van der Waals surface area (Å²) in [5.74, 6) is 1.08. The van der Waals surface area contributed by atoms with Gasteiger partial charge in [0.15, 0.2) is 0 Å². The van der Waals surface area contributed by atoms with Crippen LogP contribution in [0.1, 0.15) is 39.5 Å². The number of aromatic nitrogens is 4. The van der Waals surface area contributed by atoms with Gasteiger partial charge in [-0.1, -0.05) is 54.4 Å². The molecule has 1 aromatic rings. The fraction of sp³-hybridized carbons (Fsp3) is 0.909. The molecule has 0 N–H and O–H groups in total. The Hall–Kier alpha value is -0.100. The second kappa shape index (κ2) is 7.36. The fourth-order valence-corrected chi connectivity index (χ4v) is 4.23. The first-order valence-electron chi connectivity index (χ1n) is 6.08. The van der Waals surface area contributed by atoms with Crippen LogP contribution in [0.3, 0.4) is 0 Å². The number of alkyl halides is 1. The number of hydrogen-bond acceptors (Lipinski definition) is 4. The highest BCUT2D eigenvalue weighted by Crippen LogP contribution is 2.37. The molecule has 0 spiro atoms. The third kappa shape index (κ3) is 4.25. The normalized spacial score (nSPS) is 12.0. The fourth-order valence-electron chi connectivity index (χ4n) is 2.06. The van der Waals surface area contributed by atoms with Crippen molar-refractivity contribution >= 4 is 27.7 Å². The number of halogens is 1. The van der Waals surface area contributed by atoms with E-state index in [0.29, 0.717) is 5.41 Å². The summed E-state index contributed by atoms with van der Waals surface area (Å²) in [7, 11) is 1.89. The van der Waals surface area contributed by atoms with E-state index < -0.39 is 0 Å². The van der Waals surface area contributed by atoms with Crippen molar-refractivity contribution in [3.8, 4) is 0 Å². The van der Waals surface area contributed by atoms with E-state index in [1.54, 1.807) is 16.4 Å². The zero-order chi connectivity index (χ0) is 12.7. The van der Waals surface area contributed by atoms with Gasteiger partial charge in [0.05, 0.1) is 0 Å². The summed E-state index contributed by atoms with van der Waals surface area (Å²) in [5.41, 5.74) is 0.375. The molecule has 0 aliphatic carbocycles. The predicted molar refractivity (Wildman–Crippen MR) is 75.6 cm³/mol. The van der Waals surface area contributed by atoms with E-state index in [-0.39, 0.29) is 0 Å². The summed E-state index contributed by atoms with van der Waals surface area (Å²) in [6, 6.07) is 0. The minimum atomic E-state index is 0.375. The minimum absolute atomic E-state index is 0.375. The summed E-state index contributed by atoms with van der Waals surface area (Å²) in [4.78, 5) is 0. The number of rotatable bonds is 8. The van der Waals surface area contributed by atoms with Crippen LogP contribution in [0.2, 0.25) is 0 Å². The molecule has 1 aromatic heterocycles. The molecule has 4 nitrogen and oxygen atoms in total. The molecular formula is C11H21BrN4S. The second-order valence-electron chi connectivity index (χ2n) is 4.51. The third-order valence-electron chi connectivity index (χ3n) is 2.93. The lowest BCUT2D eigenvalue weighted by atomic mass is 9.83. The molecule has 0 bridgehead atoms. The molecule has 0 aromatic carbocycles. The Balaban J connectivity index is 2.62. The molecule has 6 heteroatoms. The lowest BCUT2D eigenvalue weighted by Gasteiger charge is -2.30. The number of nitrogens with zero attached hydrogens (tertiary/aromatic N) is 4. The first-order chi connectivity index (χ1) is 8.17. The first kappa shape index (κ1) is 15.0. The van der Waals surface area contributed by atoms with Gasteiger partial charge in [-0.2, -0.15) is 0 Å². The molecule has 0 amide bonds. The van der Waals surface area contributed by atoms with Crippen LogP contribution in [0.5, 0.6) is 0 Å². The van der Waals surface area contributed by atoms with Crippen LogP contribution >= 0.6 is 27.7 Å².